The van der Waals surface area contributed by atoms with Gasteiger partial charge in [-0.2, -0.15) is 0 Å². The Hall–Kier alpha value is -2.01. The third-order valence-corrected chi connectivity index (χ3v) is 3.88. The molecule has 0 heterocycles. The molecule has 0 amide bonds. The minimum Gasteiger partial charge on any atom is -0.396 e. The van der Waals surface area contributed by atoms with Gasteiger partial charge < -0.3 is 15.3 Å². The van der Waals surface area contributed by atoms with Gasteiger partial charge in [-0.05, 0) is 29.2 Å². The summed E-state index contributed by atoms with van der Waals surface area (Å²) < 4.78 is 0. The van der Waals surface area contributed by atoms with Gasteiger partial charge in [-0.15, -0.1) is 0 Å². The van der Waals surface area contributed by atoms with E-state index in [1.165, 1.54) is 0 Å². The van der Waals surface area contributed by atoms with Gasteiger partial charge in [0.2, 0.25) is 0 Å². The van der Waals surface area contributed by atoms with Crippen molar-refractivity contribution >= 4 is 5.78 Å². The zero-order valence-corrected chi connectivity index (χ0v) is 11.4. The summed E-state index contributed by atoms with van der Waals surface area (Å²) in [5.74, 6) is -0.0636. The molecule has 108 valence electrons. The van der Waals surface area contributed by atoms with Gasteiger partial charge in [-0.1, -0.05) is 36.4 Å². The number of ketones is 1. The maximum Gasteiger partial charge on any atom is 0.194 e. The molecule has 2 atom stereocenters. The van der Waals surface area contributed by atoms with Gasteiger partial charge in [0.25, 0.3) is 0 Å². The second kappa shape index (κ2) is 5.41. The molecule has 0 radical (unpaired) electrons. The fraction of sp³-hybridized carbons (Fsp3) is 0.235. The van der Waals surface area contributed by atoms with Gasteiger partial charge in [-0.3, -0.25) is 4.79 Å². The van der Waals surface area contributed by atoms with Crippen molar-refractivity contribution in [2.24, 2.45) is 0 Å². The first kappa shape index (κ1) is 13.9. The van der Waals surface area contributed by atoms with Crippen molar-refractivity contribution in [3.8, 4) is 11.1 Å². The van der Waals surface area contributed by atoms with Crippen LogP contribution in [0.25, 0.3) is 11.1 Å². The summed E-state index contributed by atoms with van der Waals surface area (Å²) in [6, 6.07) is 12.5. The van der Waals surface area contributed by atoms with E-state index in [9.17, 15) is 15.0 Å². The number of carbonyl (C=O) groups is 1. The van der Waals surface area contributed by atoms with Crippen LogP contribution in [-0.4, -0.2) is 33.8 Å². The molecule has 2 aromatic carbocycles. The first-order valence-corrected chi connectivity index (χ1v) is 6.88. The van der Waals surface area contributed by atoms with Gasteiger partial charge in [0, 0.05) is 17.7 Å². The number of aliphatic hydroxyl groups is 3. The van der Waals surface area contributed by atoms with Gasteiger partial charge in [-0.25, -0.2) is 0 Å². The molecule has 4 nitrogen and oxygen atoms in total. The minimum atomic E-state index is -1.11. The predicted molar refractivity (Wildman–Crippen MR) is 78.0 cm³/mol. The lowest BCUT2D eigenvalue weighted by molar-refractivity contribution is 0.00420. The molecule has 4 heteroatoms. The highest BCUT2D eigenvalue weighted by molar-refractivity contribution is 6.21. The van der Waals surface area contributed by atoms with Crippen molar-refractivity contribution in [1.29, 1.82) is 0 Å². The van der Waals surface area contributed by atoms with E-state index < -0.39 is 12.2 Å². The third kappa shape index (κ3) is 2.27. The average molecular weight is 284 g/mol. The summed E-state index contributed by atoms with van der Waals surface area (Å²) in [5.41, 5.74) is 3.44. The molecular formula is C17H16O4. The molecule has 2 unspecified atom stereocenters. The Morgan fingerprint density at radius 3 is 2.29 bits per heavy atom. The van der Waals surface area contributed by atoms with Crippen molar-refractivity contribution in [1.82, 2.24) is 0 Å². The van der Waals surface area contributed by atoms with Crippen molar-refractivity contribution < 1.29 is 20.1 Å². The first-order valence-electron chi connectivity index (χ1n) is 6.88. The van der Waals surface area contributed by atoms with E-state index in [0.717, 1.165) is 11.1 Å². The Labute approximate surface area is 122 Å². The standard InChI is InChI=1S/C17H16O4/c18-8-7-15(19)16(20)10-5-6-12-11-3-1-2-4-13(11)17(21)14(12)9-10/h1-6,9,15-16,18-20H,7-8H2. The molecule has 0 saturated carbocycles. The number of rotatable bonds is 4. The Morgan fingerprint density at radius 2 is 1.57 bits per heavy atom. The zero-order chi connectivity index (χ0) is 15.0. The van der Waals surface area contributed by atoms with E-state index in [4.69, 9.17) is 5.11 Å². The zero-order valence-electron chi connectivity index (χ0n) is 11.4. The Morgan fingerprint density at radius 1 is 0.905 bits per heavy atom. The van der Waals surface area contributed by atoms with E-state index in [1.54, 1.807) is 24.3 Å². The van der Waals surface area contributed by atoms with E-state index in [1.807, 2.05) is 18.2 Å². The summed E-state index contributed by atoms with van der Waals surface area (Å²) in [4.78, 5) is 12.4. The normalized spacial score (nSPS) is 15.5. The SMILES string of the molecule is O=C1c2ccccc2-c2ccc(C(O)C(O)CCO)cc21. The monoisotopic (exact) mass is 284 g/mol. The lowest BCUT2D eigenvalue weighted by Gasteiger charge is -2.17. The molecule has 0 aromatic heterocycles. The number of hydrogen-bond acceptors (Lipinski definition) is 4. The van der Waals surface area contributed by atoms with Gasteiger partial charge in [0.1, 0.15) is 6.10 Å². The van der Waals surface area contributed by atoms with Crippen LogP contribution in [0.5, 0.6) is 0 Å². The van der Waals surface area contributed by atoms with Crippen LogP contribution in [0, 0.1) is 0 Å². The van der Waals surface area contributed by atoms with Crippen LogP contribution in [-0.2, 0) is 0 Å². The van der Waals surface area contributed by atoms with E-state index in [2.05, 4.69) is 0 Å². The summed E-state index contributed by atoms with van der Waals surface area (Å²) in [5, 5.41) is 28.7. The summed E-state index contributed by atoms with van der Waals surface area (Å²) in [6.07, 6.45) is -2.07. The fourth-order valence-electron chi connectivity index (χ4n) is 2.74. The smallest absolute Gasteiger partial charge is 0.194 e. The molecule has 0 spiro atoms. The lowest BCUT2D eigenvalue weighted by atomic mass is 9.97. The molecule has 0 saturated heterocycles. The molecule has 3 N–H and O–H groups in total. The van der Waals surface area contributed by atoms with Crippen LogP contribution in [0.1, 0.15) is 34.0 Å². The fourth-order valence-corrected chi connectivity index (χ4v) is 2.74. The number of fused-ring (bicyclic) bond motifs is 3. The Bertz CT molecular complexity index is 693. The summed E-state index contributed by atoms with van der Waals surface area (Å²) in [7, 11) is 0. The summed E-state index contributed by atoms with van der Waals surface area (Å²) in [6.45, 7) is -0.201. The van der Waals surface area contributed by atoms with Crippen LogP contribution in [0.15, 0.2) is 42.5 Å². The molecule has 3 rings (SSSR count). The molecule has 0 fully saturated rings. The number of carbonyl (C=O) groups excluding carboxylic acids is 1. The molecule has 21 heavy (non-hydrogen) atoms. The third-order valence-electron chi connectivity index (χ3n) is 3.88. The molecule has 2 aromatic rings. The topological polar surface area (TPSA) is 77.8 Å². The molecule has 1 aliphatic carbocycles. The van der Waals surface area contributed by atoms with Crippen molar-refractivity contribution in [3.63, 3.8) is 0 Å². The Kier molecular flexibility index (Phi) is 3.59. The second-order valence-corrected chi connectivity index (χ2v) is 5.20. The number of aliphatic hydroxyl groups excluding tert-OH is 3. The van der Waals surface area contributed by atoms with Crippen molar-refractivity contribution in [2.45, 2.75) is 18.6 Å². The highest BCUT2D eigenvalue weighted by Crippen LogP contribution is 2.37. The maximum absolute atomic E-state index is 12.4. The predicted octanol–water partition coefficient (Wildman–Crippen LogP) is 1.67. The van der Waals surface area contributed by atoms with Crippen molar-refractivity contribution in [3.05, 3.63) is 59.2 Å². The lowest BCUT2D eigenvalue weighted by Crippen LogP contribution is -2.19. The van der Waals surface area contributed by atoms with Crippen molar-refractivity contribution in [2.75, 3.05) is 6.61 Å². The van der Waals surface area contributed by atoms with Gasteiger partial charge in [0.15, 0.2) is 5.78 Å². The Balaban J connectivity index is 1.99. The maximum atomic E-state index is 12.4. The number of hydrogen-bond donors (Lipinski definition) is 3. The largest absolute Gasteiger partial charge is 0.396 e. The van der Waals surface area contributed by atoms with Crippen LogP contribution >= 0.6 is 0 Å². The molecule has 0 aliphatic heterocycles. The second-order valence-electron chi connectivity index (χ2n) is 5.20. The average Bonchev–Trinajstić information content (AvgIpc) is 2.80. The first-order chi connectivity index (χ1) is 10.1. The minimum absolute atomic E-state index is 0.0636. The molecule has 0 bridgehead atoms. The van der Waals surface area contributed by atoms with Gasteiger partial charge in [0.05, 0.1) is 6.10 Å². The van der Waals surface area contributed by atoms with E-state index in [-0.39, 0.29) is 18.8 Å². The van der Waals surface area contributed by atoms with Crippen LogP contribution in [0.4, 0.5) is 0 Å². The highest BCUT2D eigenvalue weighted by atomic mass is 16.3. The summed E-state index contributed by atoms with van der Waals surface area (Å²) >= 11 is 0. The number of benzene rings is 2. The molecular weight excluding hydrogens is 268 g/mol. The van der Waals surface area contributed by atoms with Crippen LogP contribution in [0.3, 0.4) is 0 Å². The van der Waals surface area contributed by atoms with Crippen LogP contribution < -0.4 is 0 Å². The molecule has 1 aliphatic rings. The van der Waals surface area contributed by atoms with Crippen LogP contribution in [0.2, 0.25) is 0 Å². The highest BCUT2D eigenvalue weighted by Gasteiger charge is 2.28. The quantitative estimate of drug-likeness (QED) is 0.681. The van der Waals surface area contributed by atoms with E-state index >= 15 is 0 Å². The van der Waals surface area contributed by atoms with E-state index in [0.29, 0.717) is 16.7 Å². The van der Waals surface area contributed by atoms with Gasteiger partial charge >= 0.3 is 0 Å².